The molecule has 0 bridgehead atoms. The summed E-state index contributed by atoms with van der Waals surface area (Å²) in [5, 5.41) is 0. The SMILES string of the molecule is CCS(=O)(=O)c1ccccc1C(N)=O. The number of amides is 1. The zero-order valence-electron chi connectivity index (χ0n) is 7.73. The Morgan fingerprint density at radius 3 is 2.43 bits per heavy atom. The first-order chi connectivity index (χ1) is 6.49. The minimum absolute atomic E-state index is 0.00926. The molecule has 1 aromatic rings. The van der Waals surface area contributed by atoms with Crippen LogP contribution in [0.3, 0.4) is 0 Å². The molecular formula is C9H11NO3S. The monoisotopic (exact) mass is 213 g/mol. The highest BCUT2D eigenvalue weighted by molar-refractivity contribution is 7.91. The third kappa shape index (κ3) is 1.93. The maximum absolute atomic E-state index is 11.5. The minimum Gasteiger partial charge on any atom is -0.366 e. The van der Waals surface area contributed by atoms with Crippen molar-refractivity contribution >= 4 is 15.7 Å². The van der Waals surface area contributed by atoms with Crippen molar-refractivity contribution < 1.29 is 13.2 Å². The van der Waals surface area contributed by atoms with Crippen LogP contribution in [0.15, 0.2) is 29.2 Å². The van der Waals surface area contributed by atoms with Crippen molar-refractivity contribution in [3.8, 4) is 0 Å². The molecule has 1 aromatic carbocycles. The summed E-state index contributed by atoms with van der Waals surface area (Å²) in [4.78, 5) is 11.0. The van der Waals surface area contributed by atoms with Gasteiger partial charge in [0.15, 0.2) is 9.84 Å². The maximum Gasteiger partial charge on any atom is 0.250 e. The Hall–Kier alpha value is -1.36. The molecule has 1 rings (SSSR count). The third-order valence-corrected chi connectivity index (χ3v) is 3.65. The molecule has 2 N–H and O–H groups in total. The van der Waals surface area contributed by atoms with Crippen LogP contribution in [0, 0.1) is 0 Å². The molecule has 4 nitrogen and oxygen atoms in total. The average molecular weight is 213 g/mol. The predicted molar refractivity (Wildman–Crippen MR) is 52.7 cm³/mol. The second-order valence-electron chi connectivity index (χ2n) is 2.76. The Balaban J connectivity index is 3.42. The number of nitrogens with two attached hydrogens (primary N) is 1. The Morgan fingerprint density at radius 2 is 1.93 bits per heavy atom. The van der Waals surface area contributed by atoms with Gasteiger partial charge >= 0.3 is 0 Å². The average Bonchev–Trinajstić information content (AvgIpc) is 2.18. The van der Waals surface area contributed by atoms with Crippen LogP contribution < -0.4 is 5.73 Å². The summed E-state index contributed by atoms with van der Waals surface area (Å²) in [6.07, 6.45) is 0. The highest BCUT2D eigenvalue weighted by atomic mass is 32.2. The van der Waals surface area contributed by atoms with Crippen molar-refractivity contribution in [3.63, 3.8) is 0 Å². The smallest absolute Gasteiger partial charge is 0.250 e. The van der Waals surface area contributed by atoms with E-state index in [0.717, 1.165) is 0 Å². The Kier molecular flexibility index (Phi) is 2.90. The van der Waals surface area contributed by atoms with Gasteiger partial charge in [0.1, 0.15) is 0 Å². The highest BCUT2D eigenvalue weighted by Gasteiger charge is 2.18. The Bertz CT molecular complexity index is 451. The lowest BCUT2D eigenvalue weighted by molar-refractivity contribution is 0.0997. The molecule has 0 unspecified atom stereocenters. The third-order valence-electron chi connectivity index (χ3n) is 1.87. The van der Waals surface area contributed by atoms with Crippen LogP contribution >= 0.6 is 0 Å². The molecule has 14 heavy (non-hydrogen) atoms. The van der Waals surface area contributed by atoms with Crippen molar-refractivity contribution in [1.82, 2.24) is 0 Å². The van der Waals surface area contributed by atoms with Crippen LogP contribution in [0.4, 0.5) is 0 Å². The van der Waals surface area contributed by atoms with Crippen molar-refractivity contribution in [3.05, 3.63) is 29.8 Å². The lowest BCUT2D eigenvalue weighted by atomic mass is 10.2. The van der Waals surface area contributed by atoms with Gasteiger partial charge in [-0.1, -0.05) is 19.1 Å². The number of hydrogen-bond acceptors (Lipinski definition) is 3. The number of primary amides is 1. The molecule has 0 aliphatic rings. The zero-order valence-corrected chi connectivity index (χ0v) is 8.54. The van der Waals surface area contributed by atoms with Crippen molar-refractivity contribution in [1.29, 1.82) is 0 Å². The van der Waals surface area contributed by atoms with Gasteiger partial charge in [-0.25, -0.2) is 8.42 Å². The summed E-state index contributed by atoms with van der Waals surface area (Å²) >= 11 is 0. The van der Waals surface area contributed by atoms with Gasteiger partial charge in [-0.05, 0) is 12.1 Å². The number of sulfone groups is 1. The van der Waals surface area contributed by atoms with Gasteiger partial charge in [0.2, 0.25) is 5.91 Å². The lowest BCUT2D eigenvalue weighted by Gasteiger charge is -2.05. The summed E-state index contributed by atoms with van der Waals surface area (Å²) in [5.41, 5.74) is 5.11. The molecule has 0 aliphatic carbocycles. The first-order valence-corrected chi connectivity index (χ1v) is 5.76. The number of carbonyl (C=O) groups excluding carboxylic acids is 1. The zero-order chi connectivity index (χ0) is 10.8. The van der Waals surface area contributed by atoms with E-state index in [0.29, 0.717) is 0 Å². The molecule has 0 heterocycles. The highest BCUT2D eigenvalue weighted by Crippen LogP contribution is 2.15. The normalized spacial score (nSPS) is 11.2. The molecule has 0 saturated carbocycles. The number of benzene rings is 1. The van der Waals surface area contributed by atoms with E-state index in [2.05, 4.69) is 0 Å². The molecular weight excluding hydrogens is 202 g/mol. The largest absolute Gasteiger partial charge is 0.366 e. The summed E-state index contributed by atoms with van der Waals surface area (Å²) in [5.74, 6) is -0.769. The predicted octanol–water partition coefficient (Wildman–Crippen LogP) is 0.579. The van der Waals surface area contributed by atoms with Crippen molar-refractivity contribution in [2.24, 2.45) is 5.73 Å². The summed E-state index contributed by atoms with van der Waals surface area (Å²) in [6, 6.07) is 5.94. The van der Waals surface area contributed by atoms with Gasteiger partial charge in [-0.15, -0.1) is 0 Å². The molecule has 0 atom stereocenters. The molecule has 0 spiro atoms. The quantitative estimate of drug-likeness (QED) is 0.797. The van der Waals surface area contributed by atoms with E-state index in [4.69, 9.17) is 5.73 Å². The van der Waals surface area contributed by atoms with Gasteiger partial charge in [0.25, 0.3) is 0 Å². The van der Waals surface area contributed by atoms with Crippen LogP contribution in [0.25, 0.3) is 0 Å². The molecule has 0 saturated heterocycles. The minimum atomic E-state index is -3.37. The molecule has 0 aliphatic heterocycles. The van der Waals surface area contributed by atoms with Gasteiger partial charge in [0, 0.05) is 0 Å². The van der Waals surface area contributed by atoms with Crippen LogP contribution in [0.5, 0.6) is 0 Å². The van der Waals surface area contributed by atoms with Crippen molar-refractivity contribution in [2.75, 3.05) is 5.75 Å². The van der Waals surface area contributed by atoms with E-state index >= 15 is 0 Å². The summed E-state index contributed by atoms with van der Waals surface area (Å²) in [6.45, 7) is 1.52. The first kappa shape index (κ1) is 10.7. The van der Waals surface area contributed by atoms with Crippen molar-refractivity contribution in [2.45, 2.75) is 11.8 Å². The molecule has 76 valence electrons. The second-order valence-corrected chi connectivity index (χ2v) is 5.01. The lowest BCUT2D eigenvalue weighted by Crippen LogP contribution is -2.16. The van der Waals surface area contributed by atoms with Gasteiger partial charge < -0.3 is 5.73 Å². The number of rotatable bonds is 3. The van der Waals surface area contributed by atoms with E-state index in [1.165, 1.54) is 19.1 Å². The molecule has 0 aromatic heterocycles. The van der Waals surface area contributed by atoms with Crippen LogP contribution in [0.1, 0.15) is 17.3 Å². The maximum atomic E-state index is 11.5. The summed E-state index contributed by atoms with van der Waals surface area (Å²) < 4.78 is 23.0. The van der Waals surface area contributed by atoms with Gasteiger partial charge in [-0.2, -0.15) is 0 Å². The molecule has 0 radical (unpaired) electrons. The van der Waals surface area contributed by atoms with Gasteiger partial charge in [0.05, 0.1) is 16.2 Å². The second kappa shape index (κ2) is 3.79. The number of hydrogen-bond donors (Lipinski definition) is 1. The van der Waals surface area contributed by atoms with Crippen LogP contribution in [-0.4, -0.2) is 20.1 Å². The van der Waals surface area contributed by atoms with E-state index in [1.807, 2.05) is 0 Å². The molecule has 0 fully saturated rings. The summed E-state index contributed by atoms with van der Waals surface area (Å²) in [7, 11) is -3.37. The fourth-order valence-electron chi connectivity index (χ4n) is 1.10. The number of carbonyl (C=O) groups is 1. The fraction of sp³-hybridized carbons (Fsp3) is 0.222. The van der Waals surface area contributed by atoms with E-state index in [9.17, 15) is 13.2 Å². The first-order valence-electron chi connectivity index (χ1n) is 4.10. The topological polar surface area (TPSA) is 77.2 Å². The van der Waals surface area contributed by atoms with E-state index in [-0.39, 0.29) is 16.2 Å². The van der Waals surface area contributed by atoms with E-state index in [1.54, 1.807) is 12.1 Å². The standard InChI is InChI=1S/C9H11NO3S/c1-2-14(12,13)8-6-4-3-5-7(8)9(10)11/h3-6H,2H2,1H3,(H2,10,11). The molecule has 5 heteroatoms. The van der Waals surface area contributed by atoms with E-state index < -0.39 is 15.7 Å². The fourth-order valence-corrected chi connectivity index (χ4v) is 2.20. The molecule has 1 amide bonds. The van der Waals surface area contributed by atoms with Crippen LogP contribution in [0.2, 0.25) is 0 Å². The van der Waals surface area contributed by atoms with Gasteiger partial charge in [-0.3, -0.25) is 4.79 Å². The van der Waals surface area contributed by atoms with Crippen LogP contribution in [-0.2, 0) is 9.84 Å². The Labute approximate surface area is 82.7 Å². The Morgan fingerprint density at radius 1 is 1.36 bits per heavy atom.